The average molecular weight is 180 g/mol. The van der Waals surface area contributed by atoms with Gasteiger partial charge in [-0.05, 0) is 26.8 Å². The van der Waals surface area contributed by atoms with Crippen LogP contribution in [-0.4, -0.2) is 10.5 Å². The van der Waals surface area contributed by atoms with Crippen LogP contribution in [0, 0.1) is 0 Å². The predicted octanol–water partition coefficient (Wildman–Crippen LogP) is 1.46. The zero-order valence-electron chi connectivity index (χ0n) is 8.26. The minimum Gasteiger partial charge on any atom is -0.396 e. The molecule has 0 aliphatic carbocycles. The molecule has 4 nitrogen and oxygen atoms in total. The molecular weight excluding hydrogens is 164 g/mol. The molecule has 0 spiro atoms. The minimum atomic E-state index is 0.00420. The Hall–Kier alpha value is -1.45. The maximum Gasteiger partial charge on any atom is 0.146 e. The van der Waals surface area contributed by atoms with E-state index in [2.05, 4.69) is 31.1 Å². The van der Waals surface area contributed by atoms with Crippen LogP contribution in [0.4, 0.5) is 17.2 Å². The Morgan fingerprint density at radius 1 is 1.31 bits per heavy atom. The number of aromatic nitrogens is 1. The lowest BCUT2D eigenvalue weighted by molar-refractivity contribution is 0.634. The van der Waals surface area contributed by atoms with Gasteiger partial charge in [-0.25, -0.2) is 4.98 Å². The number of rotatable bonds is 1. The molecule has 0 aliphatic heterocycles. The second-order valence-electron chi connectivity index (χ2n) is 4.07. The van der Waals surface area contributed by atoms with Gasteiger partial charge in [0.15, 0.2) is 0 Å². The largest absolute Gasteiger partial charge is 0.396 e. The quantitative estimate of drug-likeness (QED) is 0.611. The van der Waals surface area contributed by atoms with Gasteiger partial charge >= 0.3 is 0 Å². The molecule has 0 saturated carbocycles. The first-order valence-electron chi connectivity index (χ1n) is 4.18. The number of nitrogens with zero attached hydrogens (tertiary/aromatic N) is 1. The molecule has 0 saturated heterocycles. The zero-order valence-corrected chi connectivity index (χ0v) is 8.26. The molecule has 1 aromatic heterocycles. The van der Waals surface area contributed by atoms with Gasteiger partial charge < -0.3 is 16.8 Å². The molecule has 1 rings (SSSR count). The third-order valence-electron chi connectivity index (χ3n) is 1.47. The molecular formula is C9H16N4. The van der Waals surface area contributed by atoms with Crippen molar-refractivity contribution in [3.63, 3.8) is 0 Å². The van der Waals surface area contributed by atoms with Gasteiger partial charge in [-0.15, -0.1) is 0 Å². The highest BCUT2D eigenvalue weighted by Crippen LogP contribution is 2.19. The molecule has 1 aromatic rings. The van der Waals surface area contributed by atoms with Gasteiger partial charge in [-0.1, -0.05) is 0 Å². The summed E-state index contributed by atoms with van der Waals surface area (Å²) in [7, 11) is 0. The topological polar surface area (TPSA) is 77.0 Å². The Labute approximate surface area is 78.3 Å². The molecule has 0 atom stereocenters. The van der Waals surface area contributed by atoms with Crippen LogP contribution in [-0.2, 0) is 0 Å². The lowest BCUT2D eigenvalue weighted by Crippen LogP contribution is -2.26. The van der Waals surface area contributed by atoms with Crippen LogP contribution in [0.2, 0.25) is 0 Å². The fourth-order valence-electron chi connectivity index (χ4n) is 0.994. The molecule has 1 heterocycles. The number of nitrogens with one attached hydrogen (secondary N) is 1. The van der Waals surface area contributed by atoms with E-state index in [0.29, 0.717) is 11.5 Å². The zero-order chi connectivity index (χ0) is 10.1. The van der Waals surface area contributed by atoms with Crippen molar-refractivity contribution in [3.8, 4) is 0 Å². The van der Waals surface area contributed by atoms with E-state index in [1.165, 1.54) is 0 Å². The molecule has 72 valence electrons. The van der Waals surface area contributed by atoms with E-state index in [4.69, 9.17) is 11.5 Å². The lowest BCUT2D eigenvalue weighted by Gasteiger charge is -2.22. The first-order chi connectivity index (χ1) is 5.88. The van der Waals surface area contributed by atoms with E-state index in [0.717, 1.165) is 5.69 Å². The van der Waals surface area contributed by atoms with Crippen LogP contribution in [0.15, 0.2) is 12.3 Å². The molecule has 4 heteroatoms. The van der Waals surface area contributed by atoms with Gasteiger partial charge in [-0.2, -0.15) is 0 Å². The summed E-state index contributed by atoms with van der Waals surface area (Å²) in [4.78, 5) is 3.95. The first-order valence-corrected chi connectivity index (χ1v) is 4.18. The van der Waals surface area contributed by atoms with Crippen molar-refractivity contribution in [1.29, 1.82) is 0 Å². The molecule has 5 N–H and O–H groups in total. The maximum atomic E-state index is 5.61. The minimum absolute atomic E-state index is 0.00420. The number of anilines is 3. The fraction of sp³-hybridized carbons (Fsp3) is 0.444. The highest BCUT2D eigenvalue weighted by Gasteiger charge is 2.09. The fourth-order valence-corrected chi connectivity index (χ4v) is 0.994. The Kier molecular flexibility index (Phi) is 2.32. The average Bonchev–Trinajstić information content (AvgIpc) is 1.94. The van der Waals surface area contributed by atoms with Crippen molar-refractivity contribution >= 4 is 17.2 Å². The number of pyridine rings is 1. The Morgan fingerprint density at radius 3 is 2.38 bits per heavy atom. The van der Waals surface area contributed by atoms with Gasteiger partial charge in [0.25, 0.3) is 0 Å². The number of hydrogen-bond donors (Lipinski definition) is 3. The van der Waals surface area contributed by atoms with Crippen LogP contribution in [0.1, 0.15) is 20.8 Å². The summed E-state index contributed by atoms with van der Waals surface area (Å²) >= 11 is 0. The third-order valence-corrected chi connectivity index (χ3v) is 1.47. The third kappa shape index (κ3) is 2.82. The lowest BCUT2D eigenvalue weighted by atomic mass is 10.1. The number of hydrogen-bond acceptors (Lipinski definition) is 4. The number of nitrogens with two attached hydrogens (primary N) is 2. The molecule has 0 aromatic carbocycles. The van der Waals surface area contributed by atoms with Gasteiger partial charge in [-0.3, -0.25) is 0 Å². The SMILES string of the molecule is CC(C)(C)Nc1cnc(N)c(N)c1. The van der Waals surface area contributed by atoms with E-state index in [9.17, 15) is 0 Å². The van der Waals surface area contributed by atoms with Gasteiger partial charge in [0.2, 0.25) is 0 Å². The molecule has 0 fully saturated rings. The summed E-state index contributed by atoms with van der Waals surface area (Å²) in [5.41, 5.74) is 12.5. The molecule has 0 unspecified atom stereocenters. The summed E-state index contributed by atoms with van der Waals surface area (Å²) in [6.45, 7) is 6.21. The molecule has 13 heavy (non-hydrogen) atoms. The maximum absolute atomic E-state index is 5.61. The van der Waals surface area contributed by atoms with Crippen LogP contribution < -0.4 is 16.8 Å². The Balaban J connectivity index is 2.86. The Bertz CT molecular complexity index is 301. The number of nitrogen functional groups attached to an aromatic ring is 2. The summed E-state index contributed by atoms with van der Waals surface area (Å²) in [6.07, 6.45) is 1.68. The Morgan fingerprint density at radius 2 is 1.92 bits per heavy atom. The summed E-state index contributed by atoms with van der Waals surface area (Å²) in [5, 5.41) is 3.25. The predicted molar refractivity (Wildman–Crippen MR) is 56.4 cm³/mol. The van der Waals surface area contributed by atoms with Crippen molar-refractivity contribution in [2.75, 3.05) is 16.8 Å². The normalized spacial score (nSPS) is 11.3. The second kappa shape index (κ2) is 3.12. The molecule has 0 aliphatic rings. The van der Waals surface area contributed by atoms with Gasteiger partial charge in [0.05, 0.1) is 17.6 Å². The monoisotopic (exact) mass is 180 g/mol. The smallest absolute Gasteiger partial charge is 0.146 e. The van der Waals surface area contributed by atoms with Crippen LogP contribution in [0.5, 0.6) is 0 Å². The van der Waals surface area contributed by atoms with Gasteiger partial charge in [0, 0.05) is 5.54 Å². The summed E-state index contributed by atoms with van der Waals surface area (Å²) < 4.78 is 0. The van der Waals surface area contributed by atoms with Crippen LogP contribution in [0.3, 0.4) is 0 Å². The highest BCUT2D eigenvalue weighted by molar-refractivity contribution is 5.64. The molecule has 0 bridgehead atoms. The van der Waals surface area contributed by atoms with Crippen molar-refractivity contribution < 1.29 is 0 Å². The van der Waals surface area contributed by atoms with E-state index in [1.807, 2.05) is 0 Å². The first kappa shape index (κ1) is 9.64. The van der Waals surface area contributed by atoms with E-state index in [-0.39, 0.29) is 5.54 Å². The standard InChI is InChI=1S/C9H16N4/c1-9(2,3)13-6-4-7(10)8(11)12-5-6/h4-5,13H,10H2,1-3H3,(H2,11,12). The highest BCUT2D eigenvalue weighted by atomic mass is 15.0. The second-order valence-corrected chi connectivity index (χ2v) is 4.07. The van der Waals surface area contributed by atoms with Crippen LogP contribution >= 0.6 is 0 Å². The summed E-state index contributed by atoms with van der Waals surface area (Å²) in [6, 6.07) is 1.79. The van der Waals surface area contributed by atoms with Crippen molar-refractivity contribution in [2.45, 2.75) is 26.3 Å². The van der Waals surface area contributed by atoms with E-state index in [1.54, 1.807) is 12.3 Å². The molecule has 0 radical (unpaired) electrons. The van der Waals surface area contributed by atoms with Crippen molar-refractivity contribution in [3.05, 3.63) is 12.3 Å². The van der Waals surface area contributed by atoms with E-state index >= 15 is 0 Å². The van der Waals surface area contributed by atoms with Gasteiger partial charge in [0.1, 0.15) is 5.82 Å². The van der Waals surface area contributed by atoms with Crippen LogP contribution in [0.25, 0.3) is 0 Å². The van der Waals surface area contributed by atoms with Crippen molar-refractivity contribution in [2.24, 2.45) is 0 Å². The van der Waals surface area contributed by atoms with Crippen molar-refractivity contribution in [1.82, 2.24) is 4.98 Å². The van der Waals surface area contributed by atoms with E-state index < -0.39 is 0 Å². The molecule has 0 amide bonds. The summed E-state index contributed by atoms with van der Waals surface area (Å²) in [5.74, 6) is 0.374.